The Morgan fingerprint density at radius 2 is 2.05 bits per heavy atom. The Morgan fingerprint density at radius 3 is 2.70 bits per heavy atom. The molecule has 0 aromatic carbocycles. The number of rotatable bonds is 2. The number of fused-ring (bicyclic) bond motifs is 1. The van der Waals surface area contributed by atoms with Crippen molar-refractivity contribution in [2.75, 3.05) is 25.1 Å². The first-order valence-electron chi connectivity index (χ1n) is 6.41. The molecule has 1 aliphatic rings. The summed E-state index contributed by atoms with van der Waals surface area (Å²) in [6.45, 7) is 3.83. The first-order chi connectivity index (χ1) is 9.61. The maximum absolute atomic E-state index is 11.8. The van der Waals surface area contributed by atoms with E-state index in [1.165, 1.54) is 18.4 Å². The monoisotopic (exact) mass is 311 g/mol. The van der Waals surface area contributed by atoms with E-state index in [4.69, 9.17) is 16.3 Å². The molecule has 1 aliphatic heterocycles. The molecule has 3 rings (SSSR count). The molecule has 7 heteroatoms. The fourth-order valence-corrected chi connectivity index (χ4v) is 3.85. The van der Waals surface area contributed by atoms with Gasteiger partial charge in [0.1, 0.15) is 15.5 Å². The molecule has 5 nitrogen and oxygen atoms in total. The van der Waals surface area contributed by atoms with Gasteiger partial charge in [0, 0.05) is 13.1 Å². The van der Waals surface area contributed by atoms with Gasteiger partial charge in [0.2, 0.25) is 5.28 Å². The first kappa shape index (κ1) is 13.6. The van der Waals surface area contributed by atoms with Crippen molar-refractivity contribution < 1.29 is 9.53 Å². The van der Waals surface area contributed by atoms with E-state index < -0.39 is 0 Å². The van der Waals surface area contributed by atoms with Crippen LogP contribution in [0.25, 0.3) is 10.2 Å². The highest BCUT2D eigenvalue weighted by molar-refractivity contribution is 7.20. The molecular formula is C13H14ClN3O2S. The van der Waals surface area contributed by atoms with E-state index in [1.54, 1.807) is 0 Å². The molecule has 0 atom stereocenters. The van der Waals surface area contributed by atoms with E-state index >= 15 is 0 Å². The van der Waals surface area contributed by atoms with Crippen LogP contribution in [-0.4, -0.2) is 36.1 Å². The van der Waals surface area contributed by atoms with Crippen molar-refractivity contribution in [2.45, 2.75) is 19.8 Å². The molecule has 0 N–H and O–H groups in total. The summed E-state index contributed by atoms with van der Waals surface area (Å²) in [5.41, 5.74) is 0.871. The lowest BCUT2D eigenvalue weighted by Crippen LogP contribution is -2.19. The van der Waals surface area contributed by atoms with Crippen LogP contribution in [0.1, 0.15) is 28.1 Å². The molecule has 0 saturated carbocycles. The molecule has 0 aliphatic carbocycles. The van der Waals surface area contributed by atoms with Gasteiger partial charge >= 0.3 is 5.97 Å². The van der Waals surface area contributed by atoms with E-state index in [-0.39, 0.29) is 11.3 Å². The van der Waals surface area contributed by atoms with E-state index in [0.29, 0.717) is 4.88 Å². The Labute approximate surface area is 125 Å². The second-order valence-electron chi connectivity index (χ2n) is 4.74. The van der Waals surface area contributed by atoms with Crippen molar-refractivity contribution in [3.63, 3.8) is 0 Å². The van der Waals surface area contributed by atoms with Crippen LogP contribution in [0.5, 0.6) is 0 Å². The fourth-order valence-electron chi connectivity index (χ4n) is 2.54. The smallest absolute Gasteiger partial charge is 0.348 e. The number of carbonyl (C=O) groups excluding carboxylic acids is 1. The third-order valence-electron chi connectivity index (χ3n) is 3.52. The Balaban J connectivity index is 2.23. The topological polar surface area (TPSA) is 55.3 Å². The third-order valence-corrected chi connectivity index (χ3v) is 4.85. The zero-order valence-corrected chi connectivity index (χ0v) is 12.8. The summed E-state index contributed by atoms with van der Waals surface area (Å²) in [7, 11) is 1.38. The Bertz CT molecular complexity index is 680. The molecule has 20 heavy (non-hydrogen) atoms. The Hall–Kier alpha value is -1.40. The van der Waals surface area contributed by atoms with Crippen LogP contribution in [0.3, 0.4) is 0 Å². The van der Waals surface area contributed by atoms with Gasteiger partial charge in [-0.3, -0.25) is 0 Å². The third kappa shape index (κ3) is 2.13. The lowest BCUT2D eigenvalue weighted by atomic mass is 10.2. The van der Waals surface area contributed by atoms with Crippen molar-refractivity contribution in [3.8, 4) is 0 Å². The minimum Gasteiger partial charge on any atom is -0.465 e. The van der Waals surface area contributed by atoms with Crippen molar-refractivity contribution in [1.82, 2.24) is 9.97 Å². The van der Waals surface area contributed by atoms with Crippen LogP contribution >= 0.6 is 22.9 Å². The number of thiophene rings is 1. The molecule has 0 spiro atoms. The zero-order valence-electron chi connectivity index (χ0n) is 11.3. The maximum Gasteiger partial charge on any atom is 0.348 e. The van der Waals surface area contributed by atoms with Crippen LogP contribution in [-0.2, 0) is 4.74 Å². The summed E-state index contributed by atoms with van der Waals surface area (Å²) in [5, 5.41) is 1.14. The Morgan fingerprint density at radius 1 is 1.35 bits per heavy atom. The number of methoxy groups -OCH3 is 1. The predicted molar refractivity (Wildman–Crippen MR) is 79.9 cm³/mol. The predicted octanol–water partition coefficient (Wildman–Crippen LogP) is 3.04. The second-order valence-corrected chi connectivity index (χ2v) is 6.08. The number of aryl methyl sites for hydroxylation is 1. The van der Waals surface area contributed by atoms with Crippen molar-refractivity contribution in [3.05, 3.63) is 15.7 Å². The molecule has 1 fully saturated rings. The normalized spacial score (nSPS) is 15.1. The molecule has 2 aromatic heterocycles. The maximum atomic E-state index is 11.8. The average molecular weight is 312 g/mol. The second kappa shape index (κ2) is 5.18. The minimum absolute atomic E-state index is 0.220. The van der Waals surface area contributed by atoms with Crippen molar-refractivity contribution in [1.29, 1.82) is 0 Å². The number of aromatic nitrogens is 2. The lowest BCUT2D eigenvalue weighted by molar-refractivity contribution is 0.0605. The molecule has 0 unspecified atom stereocenters. The fraction of sp³-hybridized carbons (Fsp3) is 0.462. The van der Waals surface area contributed by atoms with E-state index in [2.05, 4.69) is 14.9 Å². The van der Waals surface area contributed by atoms with Gasteiger partial charge in [-0.15, -0.1) is 11.3 Å². The molecule has 0 amide bonds. The van der Waals surface area contributed by atoms with Gasteiger partial charge in [-0.25, -0.2) is 9.78 Å². The highest BCUT2D eigenvalue weighted by Gasteiger charge is 2.24. The number of carbonyl (C=O) groups is 1. The molecular weight excluding hydrogens is 298 g/mol. The molecule has 2 aromatic rings. The summed E-state index contributed by atoms with van der Waals surface area (Å²) in [5.74, 6) is 0.496. The Kier molecular flexibility index (Phi) is 3.52. The van der Waals surface area contributed by atoms with Gasteiger partial charge in [-0.1, -0.05) is 0 Å². The molecule has 0 bridgehead atoms. The van der Waals surface area contributed by atoms with Gasteiger partial charge in [0.15, 0.2) is 0 Å². The van der Waals surface area contributed by atoms with E-state index in [1.807, 2.05) is 6.92 Å². The average Bonchev–Trinajstić information content (AvgIpc) is 3.05. The van der Waals surface area contributed by atoms with Gasteiger partial charge in [-0.05, 0) is 36.9 Å². The number of ether oxygens (including phenoxy) is 1. The van der Waals surface area contributed by atoms with Crippen molar-refractivity contribution >= 4 is 44.9 Å². The number of nitrogens with zero attached hydrogens (tertiary/aromatic N) is 3. The van der Waals surface area contributed by atoms with E-state index in [9.17, 15) is 4.79 Å². The molecule has 106 valence electrons. The first-order valence-corrected chi connectivity index (χ1v) is 7.61. The number of anilines is 1. The number of esters is 1. The lowest BCUT2D eigenvalue weighted by Gasteiger charge is -2.17. The number of hydrogen-bond donors (Lipinski definition) is 0. The number of halogens is 1. The summed E-state index contributed by atoms with van der Waals surface area (Å²) in [6, 6.07) is 0. The SMILES string of the molecule is COC(=O)c1sc2nc(Cl)nc(N3CCCC3)c2c1C. The standard InChI is InChI=1S/C13H14ClN3O2S/c1-7-8-10(17-5-3-4-6-17)15-13(14)16-11(8)20-9(7)12(18)19-2/h3-6H2,1-2H3. The van der Waals surface area contributed by atoms with E-state index in [0.717, 1.165) is 47.5 Å². The molecule has 0 radical (unpaired) electrons. The largest absolute Gasteiger partial charge is 0.465 e. The van der Waals surface area contributed by atoms with Gasteiger partial charge in [0.25, 0.3) is 0 Å². The molecule has 1 saturated heterocycles. The number of hydrogen-bond acceptors (Lipinski definition) is 6. The quantitative estimate of drug-likeness (QED) is 0.630. The van der Waals surface area contributed by atoms with Gasteiger partial charge < -0.3 is 9.64 Å². The highest BCUT2D eigenvalue weighted by atomic mass is 35.5. The van der Waals surface area contributed by atoms with Crippen LogP contribution in [0.4, 0.5) is 5.82 Å². The molecule has 3 heterocycles. The van der Waals surface area contributed by atoms with Crippen LogP contribution in [0, 0.1) is 6.92 Å². The van der Waals surface area contributed by atoms with Crippen molar-refractivity contribution in [2.24, 2.45) is 0 Å². The summed E-state index contributed by atoms with van der Waals surface area (Å²) in [4.78, 5) is 24.0. The zero-order chi connectivity index (χ0) is 14.3. The van der Waals surface area contributed by atoms with Crippen LogP contribution < -0.4 is 4.90 Å². The summed E-state index contributed by atoms with van der Waals surface area (Å²) >= 11 is 7.33. The summed E-state index contributed by atoms with van der Waals surface area (Å²) < 4.78 is 4.82. The van der Waals surface area contributed by atoms with Crippen LogP contribution in [0.15, 0.2) is 0 Å². The minimum atomic E-state index is -0.339. The van der Waals surface area contributed by atoms with Gasteiger partial charge in [-0.2, -0.15) is 4.98 Å². The van der Waals surface area contributed by atoms with Gasteiger partial charge in [0.05, 0.1) is 12.5 Å². The summed E-state index contributed by atoms with van der Waals surface area (Å²) in [6.07, 6.45) is 2.30. The van der Waals surface area contributed by atoms with Crippen LogP contribution in [0.2, 0.25) is 5.28 Å². The highest BCUT2D eigenvalue weighted by Crippen LogP contribution is 2.37.